The van der Waals surface area contributed by atoms with Gasteiger partial charge in [0.05, 0.1) is 0 Å². The molecule has 0 spiro atoms. The van der Waals surface area contributed by atoms with E-state index in [-0.39, 0.29) is 0 Å². The van der Waals surface area contributed by atoms with Gasteiger partial charge in [-0.05, 0) is 42.5 Å². The van der Waals surface area contributed by atoms with Crippen LogP contribution >= 0.6 is 0 Å². The standard InChI is InChI=1S/C21H24N6/c1-2-4-6-10-16(9-5-3-1)17-12-13-19(23-15-17)21-26-24-20(25-27-21)18-11-7-8-14-22-18/h7-8,11-16H,1-6,9-10H2. The van der Waals surface area contributed by atoms with Crippen LogP contribution in [-0.2, 0) is 0 Å². The highest BCUT2D eigenvalue weighted by Gasteiger charge is 2.14. The third kappa shape index (κ3) is 4.51. The van der Waals surface area contributed by atoms with E-state index < -0.39 is 0 Å². The molecule has 3 aromatic heterocycles. The average molecular weight is 360 g/mol. The maximum absolute atomic E-state index is 4.58. The molecule has 6 heteroatoms. The molecule has 27 heavy (non-hydrogen) atoms. The number of nitrogens with zero attached hydrogens (tertiary/aromatic N) is 6. The first-order valence-electron chi connectivity index (χ1n) is 9.85. The maximum atomic E-state index is 4.58. The molecule has 0 amide bonds. The van der Waals surface area contributed by atoms with E-state index in [0.717, 1.165) is 0 Å². The van der Waals surface area contributed by atoms with Gasteiger partial charge in [0.25, 0.3) is 0 Å². The largest absolute Gasteiger partial charge is 0.253 e. The molecule has 4 rings (SSSR count). The zero-order valence-electron chi connectivity index (χ0n) is 15.5. The smallest absolute Gasteiger partial charge is 0.221 e. The molecule has 0 N–H and O–H groups in total. The highest BCUT2D eigenvalue weighted by atomic mass is 15.3. The van der Waals surface area contributed by atoms with Crippen molar-refractivity contribution in [2.24, 2.45) is 0 Å². The van der Waals surface area contributed by atoms with E-state index >= 15 is 0 Å². The van der Waals surface area contributed by atoms with Crippen LogP contribution in [0.15, 0.2) is 42.7 Å². The van der Waals surface area contributed by atoms with Crippen molar-refractivity contribution < 1.29 is 0 Å². The zero-order chi connectivity index (χ0) is 18.3. The Morgan fingerprint density at radius 1 is 0.630 bits per heavy atom. The Kier molecular flexibility index (Phi) is 5.72. The Morgan fingerprint density at radius 2 is 1.26 bits per heavy atom. The van der Waals surface area contributed by atoms with Gasteiger partial charge in [0.2, 0.25) is 11.6 Å². The summed E-state index contributed by atoms with van der Waals surface area (Å²) in [4.78, 5) is 8.80. The van der Waals surface area contributed by atoms with E-state index in [2.05, 4.69) is 36.4 Å². The molecule has 0 radical (unpaired) electrons. The summed E-state index contributed by atoms with van der Waals surface area (Å²) in [6, 6.07) is 9.73. The molecule has 1 saturated carbocycles. The summed E-state index contributed by atoms with van der Waals surface area (Å²) in [6.45, 7) is 0. The summed E-state index contributed by atoms with van der Waals surface area (Å²) in [6.07, 6.45) is 14.3. The first-order valence-corrected chi connectivity index (χ1v) is 9.85. The number of hydrogen-bond donors (Lipinski definition) is 0. The molecule has 0 bridgehead atoms. The van der Waals surface area contributed by atoms with Gasteiger partial charge in [-0.2, -0.15) is 0 Å². The molecule has 1 aliphatic carbocycles. The normalized spacial score (nSPS) is 16.3. The van der Waals surface area contributed by atoms with E-state index in [4.69, 9.17) is 0 Å². The summed E-state index contributed by atoms with van der Waals surface area (Å²) in [7, 11) is 0. The van der Waals surface area contributed by atoms with Crippen LogP contribution < -0.4 is 0 Å². The van der Waals surface area contributed by atoms with Crippen molar-refractivity contribution in [2.45, 2.75) is 57.3 Å². The van der Waals surface area contributed by atoms with E-state index in [0.29, 0.717) is 29.0 Å². The third-order valence-electron chi connectivity index (χ3n) is 5.21. The second kappa shape index (κ2) is 8.75. The van der Waals surface area contributed by atoms with Crippen LogP contribution in [0.3, 0.4) is 0 Å². The number of hydrogen-bond acceptors (Lipinski definition) is 6. The lowest BCUT2D eigenvalue weighted by Crippen LogP contribution is -2.03. The molecular weight excluding hydrogens is 336 g/mol. The fraction of sp³-hybridized carbons (Fsp3) is 0.429. The van der Waals surface area contributed by atoms with Crippen LogP contribution in [-0.4, -0.2) is 30.4 Å². The molecule has 0 unspecified atom stereocenters. The topological polar surface area (TPSA) is 77.3 Å². The van der Waals surface area contributed by atoms with Gasteiger partial charge < -0.3 is 0 Å². The molecule has 0 aliphatic heterocycles. The highest BCUT2D eigenvalue weighted by Crippen LogP contribution is 2.30. The van der Waals surface area contributed by atoms with Crippen LogP contribution in [0, 0.1) is 0 Å². The van der Waals surface area contributed by atoms with E-state index in [1.807, 2.05) is 30.5 Å². The lowest BCUT2D eigenvalue weighted by atomic mass is 9.90. The molecule has 138 valence electrons. The summed E-state index contributed by atoms with van der Waals surface area (Å²) >= 11 is 0. The van der Waals surface area contributed by atoms with Gasteiger partial charge in [0, 0.05) is 12.4 Å². The van der Waals surface area contributed by atoms with Crippen LogP contribution in [0.2, 0.25) is 0 Å². The second-order valence-electron chi connectivity index (χ2n) is 7.13. The van der Waals surface area contributed by atoms with Gasteiger partial charge in [-0.3, -0.25) is 9.97 Å². The van der Waals surface area contributed by atoms with E-state index in [1.165, 1.54) is 56.9 Å². The van der Waals surface area contributed by atoms with Crippen LogP contribution in [0.1, 0.15) is 62.8 Å². The lowest BCUT2D eigenvalue weighted by Gasteiger charge is -2.16. The maximum Gasteiger partial charge on any atom is 0.221 e. The van der Waals surface area contributed by atoms with E-state index in [9.17, 15) is 0 Å². The number of rotatable bonds is 3. The van der Waals surface area contributed by atoms with Crippen molar-refractivity contribution in [1.29, 1.82) is 0 Å². The first kappa shape index (κ1) is 17.6. The van der Waals surface area contributed by atoms with Crippen molar-refractivity contribution in [1.82, 2.24) is 30.4 Å². The summed E-state index contributed by atoms with van der Waals surface area (Å²) in [5, 5.41) is 16.7. The summed E-state index contributed by atoms with van der Waals surface area (Å²) in [5.41, 5.74) is 2.69. The monoisotopic (exact) mass is 360 g/mol. The molecule has 0 atom stereocenters. The Balaban J connectivity index is 1.48. The van der Waals surface area contributed by atoms with Crippen molar-refractivity contribution in [3.05, 3.63) is 48.3 Å². The minimum Gasteiger partial charge on any atom is -0.253 e. The Bertz CT molecular complexity index is 823. The van der Waals surface area contributed by atoms with Gasteiger partial charge in [0.1, 0.15) is 11.4 Å². The Labute approximate surface area is 159 Å². The first-order chi connectivity index (χ1) is 13.4. The quantitative estimate of drug-likeness (QED) is 0.679. The molecule has 3 heterocycles. The van der Waals surface area contributed by atoms with Gasteiger partial charge in [0.15, 0.2) is 0 Å². The summed E-state index contributed by atoms with van der Waals surface area (Å²) in [5.74, 6) is 1.48. The number of pyridine rings is 2. The molecular formula is C21H24N6. The van der Waals surface area contributed by atoms with Gasteiger partial charge in [-0.1, -0.05) is 50.7 Å². The van der Waals surface area contributed by atoms with Crippen molar-refractivity contribution >= 4 is 0 Å². The minimum absolute atomic E-state index is 0.418. The van der Waals surface area contributed by atoms with Crippen molar-refractivity contribution in [3.63, 3.8) is 0 Å². The van der Waals surface area contributed by atoms with Gasteiger partial charge >= 0.3 is 0 Å². The lowest BCUT2D eigenvalue weighted by molar-refractivity contribution is 0.538. The van der Waals surface area contributed by atoms with Crippen LogP contribution in [0.4, 0.5) is 0 Å². The molecule has 0 aromatic carbocycles. The van der Waals surface area contributed by atoms with Gasteiger partial charge in [-0.25, -0.2) is 0 Å². The Morgan fingerprint density at radius 3 is 1.81 bits per heavy atom. The van der Waals surface area contributed by atoms with E-state index in [1.54, 1.807) is 6.20 Å². The molecule has 6 nitrogen and oxygen atoms in total. The second-order valence-corrected chi connectivity index (χ2v) is 7.13. The predicted octanol–water partition coefficient (Wildman–Crippen LogP) is 4.61. The number of aromatic nitrogens is 6. The SMILES string of the molecule is c1ccc(-c2nnc(-c3ccc(C4CCCCCCCC4)cn3)nn2)nc1. The van der Waals surface area contributed by atoms with Crippen LogP contribution in [0.5, 0.6) is 0 Å². The molecule has 1 fully saturated rings. The van der Waals surface area contributed by atoms with Crippen molar-refractivity contribution in [3.8, 4) is 23.0 Å². The van der Waals surface area contributed by atoms with Crippen LogP contribution in [0.25, 0.3) is 23.0 Å². The summed E-state index contributed by atoms with van der Waals surface area (Å²) < 4.78 is 0. The fourth-order valence-corrected chi connectivity index (χ4v) is 3.67. The molecule has 3 aromatic rings. The molecule has 1 aliphatic rings. The third-order valence-corrected chi connectivity index (χ3v) is 5.21. The minimum atomic E-state index is 0.418. The predicted molar refractivity (Wildman–Crippen MR) is 104 cm³/mol. The zero-order valence-corrected chi connectivity index (χ0v) is 15.5. The Hall–Kier alpha value is -2.76. The highest BCUT2D eigenvalue weighted by molar-refractivity contribution is 5.50. The molecule has 0 saturated heterocycles. The average Bonchev–Trinajstić information content (AvgIpc) is 2.89. The fourth-order valence-electron chi connectivity index (χ4n) is 3.67. The van der Waals surface area contributed by atoms with Crippen molar-refractivity contribution in [2.75, 3.05) is 0 Å². The van der Waals surface area contributed by atoms with Gasteiger partial charge in [-0.15, -0.1) is 20.4 Å².